The first-order valence-electron chi connectivity index (χ1n) is 11.8. The number of aryl methyl sites for hydroxylation is 1. The second-order valence-electron chi connectivity index (χ2n) is 9.08. The van der Waals surface area contributed by atoms with Crippen LogP contribution in [0.3, 0.4) is 0 Å². The molecule has 1 aliphatic heterocycles. The van der Waals surface area contributed by atoms with E-state index in [2.05, 4.69) is 40.2 Å². The molecule has 8 nitrogen and oxygen atoms in total. The lowest BCUT2D eigenvalue weighted by atomic mass is 10.0. The Morgan fingerprint density at radius 1 is 1.03 bits per heavy atom. The van der Waals surface area contributed by atoms with Gasteiger partial charge in [0.1, 0.15) is 6.04 Å². The monoisotopic (exact) mass is 467 g/mol. The third-order valence-electron chi connectivity index (χ3n) is 6.38. The highest BCUT2D eigenvalue weighted by Gasteiger charge is 2.34. The maximum atomic E-state index is 12.7. The minimum Gasteiger partial charge on any atom is -0.356 e. The highest BCUT2D eigenvalue weighted by Crippen LogP contribution is 2.39. The Morgan fingerprint density at radius 3 is 2.54 bits per heavy atom. The molecule has 0 radical (unpaired) electrons. The summed E-state index contributed by atoms with van der Waals surface area (Å²) in [4.78, 5) is 25.8. The summed E-state index contributed by atoms with van der Waals surface area (Å²) in [6, 6.07) is 17.8. The van der Waals surface area contributed by atoms with Gasteiger partial charge in [-0.05, 0) is 64.1 Å². The molecule has 1 aliphatic rings. The number of amides is 1. The van der Waals surface area contributed by atoms with Crippen LogP contribution < -0.4 is 15.1 Å². The van der Waals surface area contributed by atoms with Gasteiger partial charge in [-0.2, -0.15) is 5.10 Å². The van der Waals surface area contributed by atoms with Crippen molar-refractivity contribution in [1.29, 1.82) is 0 Å². The van der Waals surface area contributed by atoms with Crippen LogP contribution >= 0.6 is 0 Å². The van der Waals surface area contributed by atoms with Crippen LogP contribution in [0, 0.1) is 6.92 Å². The Bertz CT molecular complexity index is 1380. The molecule has 0 fully saturated rings. The first-order chi connectivity index (χ1) is 16.8. The van der Waals surface area contributed by atoms with Crippen LogP contribution in [0.2, 0.25) is 0 Å². The summed E-state index contributed by atoms with van der Waals surface area (Å²) in [5, 5.41) is 8.01. The van der Waals surface area contributed by atoms with Crippen molar-refractivity contribution in [3.8, 4) is 16.9 Å². The number of likely N-dealkylation sites (N-methyl/N-ethyl adjacent to an activating group) is 1. The van der Waals surface area contributed by atoms with Crippen LogP contribution in [0.1, 0.15) is 26.5 Å². The number of nitrogens with zero attached hydrogens (tertiary/aromatic N) is 6. The fourth-order valence-corrected chi connectivity index (χ4v) is 4.67. The van der Waals surface area contributed by atoms with Gasteiger partial charge in [-0.25, -0.2) is 14.6 Å². The summed E-state index contributed by atoms with van der Waals surface area (Å²) in [6.45, 7) is 8.13. The Labute approximate surface area is 205 Å². The van der Waals surface area contributed by atoms with E-state index in [-0.39, 0.29) is 18.0 Å². The van der Waals surface area contributed by atoms with Gasteiger partial charge in [-0.15, -0.1) is 0 Å². The largest absolute Gasteiger partial charge is 0.356 e. The highest BCUT2D eigenvalue weighted by atomic mass is 16.2. The number of nitrogens with one attached hydrogen (secondary N) is 1. The van der Waals surface area contributed by atoms with Crippen LogP contribution in [-0.2, 0) is 4.79 Å². The average molecular weight is 468 g/mol. The number of rotatable bonds is 5. The molecule has 1 atom stereocenters. The van der Waals surface area contributed by atoms with Crippen LogP contribution in [0.15, 0.2) is 67.0 Å². The van der Waals surface area contributed by atoms with Crippen molar-refractivity contribution >= 4 is 28.9 Å². The lowest BCUT2D eigenvalue weighted by molar-refractivity contribution is -0.119. The average Bonchev–Trinajstić information content (AvgIpc) is 3.25. The molecule has 178 valence electrons. The lowest BCUT2D eigenvalue weighted by Crippen LogP contribution is -2.53. The number of para-hydroxylation sites is 1. The zero-order valence-corrected chi connectivity index (χ0v) is 20.6. The Balaban J connectivity index is 1.45. The van der Waals surface area contributed by atoms with Crippen LogP contribution in [-0.4, -0.2) is 44.8 Å². The standard InChI is InChI=1S/C27H29N7O/c1-17(2)34-19(4)26(35)32(5)24-12-11-20(15-25(24)34)29-27-28-14-13-23(30-27)22-16-33(31-18(22)3)21-9-7-6-8-10-21/h6-17,19H,1-5H3,(H,28,29,30)/t19-/m1/s1. The molecule has 2 aromatic heterocycles. The summed E-state index contributed by atoms with van der Waals surface area (Å²) in [5.74, 6) is 0.591. The SMILES string of the molecule is Cc1nn(-c2ccccc2)cc1-c1ccnc(Nc2ccc3c(c2)N(C(C)C)[C@H](C)C(=O)N3C)n1. The molecule has 0 aliphatic carbocycles. The van der Waals surface area contributed by atoms with Crippen molar-refractivity contribution in [2.75, 3.05) is 22.2 Å². The quantitative estimate of drug-likeness (QED) is 0.447. The van der Waals surface area contributed by atoms with E-state index in [1.807, 2.05) is 80.3 Å². The normalized spacial score (nSPS) is 15.5. The summed E-state index contributed by atoms with van der Waals surface area (Å²) in [7, 11) is 1.83. The zero-order chi connectivity index (χ0) is 24.7. The fourth-order valence-electron chi connectivity index (χ4n) is 4.67. The minimum absolute atomic E-state index is 0.0920. The number of carbonyl (C=O) groups excluding carboxylic acids is 1. The Kier molecular flexibility index (Phi) is 5.72. The van der Waals surface area contributed by atoms with Gasteiger partial charge in [-0.1, -0.05) is 18.2 Å². The van der Waals surface area contributed by atoms with Crippen LogP contribution in [0.5, 0.6) is 0 Å². The van der Waals surface area contributed by atoms with E-state index in [9.17, 15) is 4.79 Å². The van der Waals surface area contributed by atoms with E-state index < -0.39 is 0 Å². The molecule has 0 saturated heterocycles. The third-order valence-corrected chi connectivity index (χ3v) is 6.38. The predicted octanol–water partition coefficient (Wildman–Crippen LogP) is 4.96. The second kappa shape index (κ2) is 8.87. The van der Waals surface area contributed by atoms with E-state index in [4.69, 9.17) is 4.98 Å². The number of benzene rings is 2. The molecule has 35 heavy (non-hydrogen) atoms. The van der Waals surface area contributed by atoms with Crippen molar-refractivity contribution in [3.63, 3.8) is 0 Å². The van der Waals surface area contributed by atoms with Gasteiger partial charge in [-0.3, -0.25) is 4.79 Å². The molecule has 2 aromatic carbocycles. The van der Waals surface area contributed by atoms with E-state index in [0.717, 1.165) is 39.7 Å². The number of aromatic nitrogens is 4. The van der Waals surface area contributed by atoms with Crippen molar-refractivity contribution < 1.29 is 4.79 Å². The number of hydrogen-bond acceptors (Lipinski definition) is 6. The lowest BCUT2D eigenvalue weighted by Gasteiger charge is -2.42. The van der Waals surface area contributed by atoms with Crippen molar-refractivity contribution in [3.05, 3.63) is 72.7 Å². The smallest absolute Gasteiger partial charge is 0.249 e. The molecule has 5 rings (SSSR count). The number of fused-ring (bicyclic) bond motifs is 1. The first-order valence-corrected chi connectivity index (χ1v) is 11.8. The Hall–Kier alpha value is -4.20. The molecule has 3 heterocycles. The summed E-state index contributed by atoms with van der Waals surface area (Å²) in [6.07, 6.45) is 3.74. The molecule has 0 unspecified atom stereocenters. The maximum Gasteiger partial charge on any atom is 0.249 e. The van der Waals surface area contributed by atoms with Gasteiger partial charge in [0.25, 0.3) is 0 Å². The topological polar surface area (TPSA) is 79.2 Å². The zero-order valence-electron chi connectivity index (χ0n) is 20.6. The highest BCUT2D eigenvalue weighted by molar-refractivity contribution is 6.05. The Morgan fingerprint density at radius 2 is 1.80 bits per heavy atom. The fraction of sp³-hybridized carbons (Fsp3) is 0.259. The molecule has 8 heteroatoms. The van der Waals surface area contributed by atoms with Gasteiger partial charge in [0.2, 0.25) is 11.9 Å². The molecule has 0 saturated carbocycles. The molecule has 1 N–H and O–H groups in total. The summed E-state index contributed by atoms with van der Waals surface area (Å²) >= 11 is 0. The second-order valence-corrected chi connectivity index (χ2v) is 9.08. The van der Waals surface area contributed by atoms with E-state index >= 15 is 0 Å². The number of carbonyl (C=O) groups is 1. The van der Waals surface area contributed by atoms with Crippen molar-refractivity contribution in [2.24, 2.45) is 0 Å². The van der Waals surface area contributed by atoms with Gasteiger partial charge < -0.3 is 15.1 Å². The van der Waals surface area contributed by atoms with E-state index in [0.29, 0.717) is 5.95 Å². The predicted molar refractivity (Wildman–Crippen MR) is 140 cm³/mol. The third kappa shape index (κ3) is 4.12. The molecular formula is C27H29N7O. The summed E-state index contributed by atoms with van der Waals surface area (Å²) in [5.41, 5.74) is 6.39. The molecule has 4 aromatic rings. The minimum atomic E-state index is -0.230. The van der Waals surface area contributed by atoms with Crippen LogP contribution in [0.25, 0.3) is 16.9 Å². The van der Waals surface area contributed by atoms with Crippen molar-refractivity contribution in [2.45, 2.75) is 39.8 Å². The van der Waals surface area contributed by atoms with Gasteiger partial charge in [0.15, 0.2) is 0 Å². The van der Waals surface area contributed by atoms with Crippen molar-refractivity contribution in [1.82, 2.24) is 19.7 Å². The summed E-state index contributed by atoms with van der Waals surface area (Å²) < 4.78 is 1.86. The maximum absolute atomic E-state index is 12.7. The van der Waals surface area contributed by atoms with Gasteiger partial charge in [0, 0.05) is 36.7 Å². The molecule has 0 bridgehead atoms. The van der Waals surface area contributed by atoms with Gasteiger partial charge >= 0.3 is 0 Å². The molecule has 1 amide bonds. The number of anilines is 4. The van der Waals surface area contributed by atoms with Crippen LogP contribution in [0.4, 0.5) is 23.0 Å². The molecule has 0 spiro atoms. The molecular weight excluding hydrogens is 438 g/mol. The van der Waals surface area contributed by atoms with E-state index in [1.165, 1.54) is 0 Å². The van der Waals surface area contributed by atoms with Gasteiger partial charge in [0.05, 0.1) is 28.5 Å². The first kappa shape index (κ1) is 22.6. The number of hydrogen-bond donors (Lipinski definition) is 1. The van der Waals surface area contributed by atoms with E-state index in [1.54, 1.807) is 11.1 Å².